The van der Waals surface area contributed by atoms with Crippen LogP contribution in [-0.2, 0) is 0 Å². The number of likely N-dealkylation sites (tertiary alicyclic amines) is 1. The molecule has 5 heteroatoms. The summed E-state index contributed by atoms with van der Waals surface area (Å²) in [6.45, 7) is 3.61. The van der Waals surface area contributed by atoms with Crippen LogP contribution in [0.15, 0.2) is 12.3 Å². The van der Waals surface area contributed by atoms with Crippen LogP contribution in [0.1, 0.15) is 25.0 Å². The molecule has 0 radical (unpaired) electrons. The Bertz CT molecular complexity index is 493. The lowest BCUT2D eigenvalue weighted by Gasteiger charge is -2.18. The summed E-state index contributed by atoms with van der Waals surface area (Å²) in [6, 6.07) is 1.70. The molecule has 1 saturated carbocycles. The van der Waals surface area contributed by atoms with Gasteiger partial charge in [0.05, 0.1) is 16.4 Å². The number of nitrogens with zero attached hydrogens (tertiary/aromatic N) is 2. The molecule has 2 aliphatic rings. The van der Waals surface area contributed by atoms with Gasteiger partial charge in [0.1, 0.15) is 0 Å². The first-order valence-corrected chi connectivity index (χ1v) is 7.20. The predicted octanol–water partition coefficient (Wildman–Crippen LogP) is 3.31. The molecular weight excluding hydrogens is 262 g/mol. The van der Waals surface area contributed by atoms with Gasteiger partial charge < -0.3 is 10.2 Å². The van der Waals surface area contributed by atoms with Crippen molar-refractivity contribution in [3.8, 4) is 0 Å². The maximum absolute atomic E-state index is 12.2. The second-order valence-corrected chi connectivity index (χ2v) is 5.92. The van der Waals surface area contributed by atoms with Gasteiger partial charge in [0.2, 0.25) is 0 Å². The second-order valence-electron chi connectivity index (χ2n) is 5.54. The molecule has 102 valence electrons. The van der Waals surface area contributed by atoms with E-state index in [1.165, 1.54) is 19.3 Å². The first-order chi connectivity index (χ1) is 9.15. The minimum Gasteiger partial charge on any atom is -0.324 e. The Labute approximate surface area is 118 Å². The molecule has 2 heterocycles. The number of aromatic nitrogens is 1. The van der Waals surface area contributed by atoms with Crippen LogP contribution in [0, 0.1) is 18.8 Å². The lowest BCUT2D eigenvalue weighted by atomic mass is 10.0. The lowest BCUT2D eigenvalue weighted by Crippen LogP contribution is -2.33. The van der Waals surface area contributed by atoms with Crippen LogP contribution < -0.4 is 5.32 Å². The number of amides is 2. The molecule has 1 aliphatic heterocycles. The van der Waals surface area contributed by atoms with E-state index in [4.69, 9.17) is 11.6 Å². The monoisotopic (exact) mass is 279 g/mol. The molecule has 1 aliphatic carbocycles. The molecule has 1 N–H and O–H groups in total. The zero-order valence-electron chi connectivity index (χ0n) is 11.0. The highest BCUT2D eigenvalue weighted by molar-refractivity contribution is 6.34. The minimum absolute atomic E-state index is 0.0399. The van der Waals surface area contributed by atoms with E-state index in [-0.39, 0.29) is 6.03 Å². The van der Waals surface area contributed by atoms with E-state index in [1.54, 1.807) is 12.3 Å². The highest BCUT2D eigenvalue weighted by atomic mass is 35.5. The number of carbonyl (C=O) groups excluding carboxylic acids is 1. The Balaban J connectivity index is 1.67. The Morgan fingerprint density at radius 3 is 2.79 bits per heavy atom. The zero-order valence-corrected chi connectivity index (χ0v) is 11.8. The van der Waals surface area contributed by atoms with Crippen molar-refractivity contribution in [1.29, 1.82) is 0 Å². The van der Waals surface area contributed by atoms with Crippen LogP contribution in [0.5, 0.6) is 0 Å². The van der Waals surface area contributed by atoms with Gasteiger partial charge in [0.25, 0.3) is 0 Å². The van der Waals surface area contributed by atoms with Crippen LogP contribution in [0.25, 0.3) is 0 Å². The van der Waals surface area contributed by atoms with Crippen molar-refractivity contribution in [2.75, 3.05) is 18.4 Å². The molecule has 2 fully saturated rings. The maximum atomic E-state index is 12.2. The van der Waals surface area contributed by atoms with Gasteiger partial charge in [0.15, 0.2) is 0 Å². The van der Waals surface area contributed by atoms with E-state index in [2.05, 4.69) is 10.3 Å². The summed E-state index contributed by atoms with van der Waals surface area (Å²) < 4.78 is 0. The summed E-state index contributed by atoms with van der Waals surface area (Å²) >= 11 is 6.14. The molecule has 19 heavy (non-hydrogen) atoms. The number of fused-ring (bicyclic) bond motifs is 1. The standard InChI is InChI=1S/C14H18ClN3O/c1-9-13(15)12(5-6-16-9)17-14(19)18-7-10-3-2-4-11(10)8-18/h5-6,10-11H,2-4,7-8H2,1H3,(H,16,17,19)/t10-,11-/m0/s1. The number of anilines is 1. The zero-order chi connectivity index (χ0) is 13.4. The third-order valence-electron chi connectivity index (χ3n) is 4.32. The Kier molecular flexibility index (Phi) is 3.35. The highest BCUT2D eigenvalue weighted by Gasteiger charge is 2.38. The summed E-state index contributed by atoms with van der Waals surface area (Å²) in [7, 11) is 0. The largest absolute Gasteiger partial charge is 0.324 e. The van der Waals surface area contributed by atoms with Crippen molar-refractivity contribution >= 4 is 23.3 Å². The number of rotatable bonds is 1. The van der Waals surface area contributed by atoms with Gasteiger partial charge in [-0.25, -0.2) is 4.79 Å². The molecule has 2 amide bonds. The molecule has 4 nitrogen and oxygen atoms in total. The van der Waals surface area contributed by atoms with Crippen molar-refractivity contribution in [2.24, 2.45) is 11.8 Å². The molecule has 0 bridgehead atoms. The fourth-order valence-corrected chi connectivity index (χ4v) is 3.40. The topological polar surface area (TPSA) is 45.2 Å². The molecule has 0 unspecified atom stereocenters. The van der Waals surface area contributed by atoms with Gasteiger partial charge in [-0.05, 0) is 37.7 Å². The fourth-order valence-electron chi connectivity index (χ4n) is 3.24. The number of halogens is 1. The van der Waals surface area contributed by atoms with Crippen molar-refractivity contribution in [1.82, 2.24) is 9.88 Å². The number of nitrogens with one attached hydrogen (secondary N) is 1. The van der Waals surface area contributed by atoms with E-state index in [0.717, 1.165) is 18.8 Å². The number of pyridine rings is 1. The SMILES string of the molecule is Cc1nccc(NC(=O)N2C[C@@H]3CCC[C@H]3C2)c1Cl. The quantitative estimate of drug-likeness (QED) is 0.857. The van der Waals surface area contributed by atoms with Crippen LogP contribution in [0.4, 0.5) is 10.5 Å². The van der Waals surface area contributed by atoms with Crippen molar-refractivity contribution in [2.45, 2.75) is 26.2 Å². The smallest absolute Gasteiger partial charge is 0.321 e. The first-order valence-electron chi connectivity index (χ1n) is 6.82. The highest BCUT2D eigenvalue weighted by Crippen LogP contribution is 2.38. The summed E-state index contributed by atoms with van der Waals surface area (Å²) in [5, 5.41) is 3.42. The van der Waals surface area contributed by atoms with Gasteiger partial charge in [0, 0.05) is 19.3 Å². The molecule has 0 spiro atoms. The molecule has 1 saturated heterocycles. The minimum atomic E-state index is -0.0399. The average Bonchev–Trinajstić information content (AvgIpc) is 2.95. The van der Waals surface area contributed by atoms with Crippen LogP contribution in [0.3, 0.4) is 0 Å². The van der Waals surface area contributed by atoms with Crippen LogP contribution >= 0.6 is 11.6 Å². The molecule has 1 aromatic heterocycles. The molecule has 3 rings (SSSR count). The number of carbonyl (C=O) groups is 1. The van der Waals surface area contributed by atoms with Crippen LogP contribution in [-0.4, -0.2) is 29.0 Å². The van der Waals surface area contributed by atoms with E-state index in [9.17, 15) is 4.79 Å². The third kappa shape index (κ3) is 2.41. The predicted molar refractivity (Wildman–Crippen MR) is 75.4 cm³/mol. The van der Waals surface area contributed by atoms with Gasteiger partial charge >= 0.3 is 6.03 Å². The van der Waals surface area contributed by atoms with Crippen molar-refractivity contribution < 1.29 is 4.79 Å². The summed E-state index contributed by atoms with van der Waals surface area (Å²) in [4.78, 5) is 18.3. The number of urea groups is 1. The van der Waals surface area contributed by atoms with Gasteiger partial charge in [-0.2, -0.15) is 0 Å². The first kappa shape index (κ1) is 12.7. The number of aryl methyl sites for hydroxylation is 1. The maximum Gasteiger partial charge on any atom is 0.321 e. The van der Waals surface area contributed by atoms with Gasteiger partial charge in [-0.15, -0.1) is 0 Å². The van der Waals surface area contributed by atoms with E-state index < -0.39 is 0 Å². The van der Waals surface area contributed by atoms with Crippen molar-refractivity contribution in [3.63, 3.8) is 0 Å². The number of hydrogen-bond donors (Lipinski definition) is 1. The van der Waals surface area contributed by atoms with Gasteiger partial charge in [-0.1, -0.05) is 18.0 Å². The normalized spacial score (nSPS) is 25.5. The van der Waals surface area contributed by atoms with Crippen LogP contribution in [0.2, 0.25) is 5.02 Å². The Hall–Kier alpha value is -1.29. The Morgan fingerprint density at radius 2 is 2.11 bits per heavy atom. The van der Waals surface area contributed by atoms with Gasteiger partial charge in [-0.3, -0.25) is 4.98 Å². The average molecular weight is 280 g/mol. The molecule has 0 aromatic carbocycles. The molecule has 2 atom stereocenters. The van der Waals surface area contributed by atoms with E-state index in [1.807, 2.05) is 11.8 Å². The van der Waals surface area contributed by atoms with E-state index in [0.29, 0.717) is 22.5 Å². The third-order valence-corrected chi connectivity index (χ3v) is 4.80. The number of hydrogen-bond acceptors (Lipinski definition) is 2. The summed E-state index contributed by atoms with van der Waals surface area (Å²) in [5.74, 6) is 1.42. The summed E-state index contributed by atoms with van der Waals surface area (Å²) in [6.07, 6.45) is 5.52. The Morgan fingerprint density at radius 1 is 1.42 bits per heavy atom. The summed E-state index contributed by atoms with van der Waals surface area (Å²) in [5.41, 5.74) is 1.38. The lowest BCUT2D eigenvalue weighted by molar-refractivity contribution is 0.219. The molecule has 1 aromatic rings. The molecular formula is C14H18ClN3O. The second kappa shape index (κ2) is 5.00. The van der Waals surface area contributed by atoms with Crippen molar-refractivity contribution in [3.05, 3.63) is 23.0 Å². The van der Waals surface area contributed by atoms with E-state index >= 15 is 0 Å². The fraction of sp³-hybridized carbons (Fsp3) is 0.571.